The molecule has 0 atom stereocenters. The monoisotopic (exact) mass is 389 g/mol. The molecule has 0 fully saturated rings. The molecule has 27 heavy (non-hydrogen) atoms. The van der Waals surface area contributed by atoms with E-state index in [0.29, 0.717) is 23.4 Å². The van der Waals surface area contributed by atoms with Gasteiger partial charge in [-0.1, -0.05) is 17.7 Å². The van der Waals surface area contributed by atoms with Gasteiger partial charge in [0, 0.05) is 24.4 Å². The molecule has 1 aromatic heterocycles. The number of halogens is 2. The summed E-state index contributed by atoms with van der Waals surface area (Å²) in [4.78, 5) is 23.6. The highest BCUT2D eigenvalue weighted by atomic mass is 35.5. The van der Waals surface area contributed by atoms with Crippen molar-refractivity contribution in [2.75, 3.05) is 6.61 Å². The lowest BCUT2D eigenvalue weighted by Crippen LogP contribution is -2.13. The average molecular weight is 390 g/mol. The molecule has 3 aromatic rings. The topological polar surface area (TPSA) is 57.5 Å². The molecule has 0 N–H and O–H groups in total. The van der Waals surface area contributed by atoms with Crippen molar-refractivity contribution in [3.8, 4) is 5.75 Å². The van der Waals surface area contributed by atoms with E-state index in [1.54, 1.807) is 41.8 Å². The Labute approximate surface area is 160 Å². The van der Waals surface area contributed by atoms with Crippen LogP contribution in [-0.2, 0) is 16.1 Å². The van der Waals surface area contributed by atoms with Gasteiger partial charge in [-0.05, 0) is 48.9 Å². The molecule has 5 nitrogen and oxygen atoms in total. The molecule has 1 heterocycles. The molecular weight excluding hydrogens is 373 g/mol. The summed E-state index contributed by atoms with van der Waals surface area (Å²) >= 11 is 5.87. The normalized spacial score (nSPS) is 10.8. The van der Waals surface area contributed by atoms with E-state index in [9.17, 15) is 14.0 Å². The first-order valence-corrected chi connectivity index (χ1v) is 8.69. The van der Waals surface area contributed by atoms with Gasteiger partial charge in [0.15, 0.2) is 0 Å². The zero-order valence-corrected chi connectivity index (χ0v) is 15.5. The molecule has 0 aliphatic rings. The van der Waals surface area contributed by atoms with Crippen LogP contribution in [0.25, 0.3) is 10.9 Å². The molecule has 3 rings (SSSR count). The second kappa shape index (κ2) is 7.80. The van der Waals surface area contributed by atoms with Crippen LogP contribution in [-0.4, -0.2) is 23.1 Å². The Balaban J connectivity index is 2.08. The van der Waals surface area contributed by atoms with Crippen molar-refractivity contribution in [3.05, 3.63) is 64.6 Å². The minimum atomic E-state index is -0.505. The fraction of sp³-hybridized carbons (Fsp3) is 0.200. The Morgan fingerprint density at radius 1 is 1.15 bits per heavy atom. The van der Waals surface area contributed by atoms with Gasteiger partial charge in [-0.25, -0.2) is 9.18 Å². The molecule has 0 radical (unpaired) electrons. The number of aromatic nitrogens is 1. The van der Waals surface area contributed by atoms with Crippen LogP contribution in [0.3, 0.4) is 0 Å². The number of hydrogen-bond donors (Lipinski definition) is 0. The molecule has 0 saturated carbocycles. The zero-order chi connectivity index (χ0) is 19.6. The first kappa shape index (κ1) is 18.9. The molecule has 7 heteroatoms. The van der Waals surface area contributed by atoms with E-state index in [0.717, 1.165) is 11.1 Å². The zero-order valence-electron chi connectivity index (χ0n) is 14.8. The van der Waals surface area contributed by atoms with Crippen LogP contribution in [0.2, 0.25) is 5.02 Å². The van der Waals surface area contributed by atoms with E-state index in [2.05, 4.69) is 0 Å². The molecule has 140 valence electrons. The largest absolute Gasteiger partial charge is 0.461 e. The third-order valence-electron chi connectivity index (χ3n) is 3.94. The Bertz CT molecular complexity index is 1030. The van der Waals surface area contributed by atoms with Gasteiger partial charge in [0.25, 0.3) is 0 Å². The van der Waals surface area contributed by atoms with Gasteiger partial charge in [0.1, 0.15) is 17.3 Å². The second-order valence-corrected chi connectivity index (χ2v) is 6.31. The number of carbonyl (C=O) groups excluding carboxylic acids is 2. The average Bonchev–Trinajstić information content (AvgIpc) is 2.96. The SMILES string of the molecule is CCOC(=O)c1cc2cc(OC(C)=O)ccc2n1Cc1ccc(F)c(Cl)c1. The van der Waals surface area contributed by atoms with Crippen molar-refractivity contribution >= 4 is 34.4 Å². The number of benzene rings is 2. The summed E-state index contributed by atoms with van der Waals surface area (Å²) in [6.07, 6.45) is 0. The molecule has 0 spiro atoms. The maximum atomic E-state index is 13.4. The molecule has 0 aliphatic carbocycles. The quantitative estimate of drug-likeness (QED) is 0.473. The van der Waals surface area contributed by atoms with Crippen LogP contribution in [0.15, 0.2) is 42.5 Å². The lowest BCUT2D eigenvalue weighted by molar-refractivity contribution is -0.131. The Morgan fingerprint density at radius 3 is 2.59 bits per heavy atom. The van der Waals surface area contributed by atoms with Crippen LogP contribution in [0.5, 0.6) is 5.75 Å². The molecule has 2 aromatic carbocycles. The highest BCUT2D eigenvalue weighted by Crippen LogP contribution is 2.27. The van der Waals surface area contributed by atoms with Gasteiger partial charge in [0.2, 0.25) is 0 Å². The molecule has 0 amide bonds. The highest BCUT2D eigenvalue weighted by molar-refractivity contribution is 6.30. The van der Waals surface area contributed by atoms with Crippen molar-refractivity contribution in [1.29, 1.82) is 0 Å². The predicted molar refractivity (Wildman–Crippen MR) is 99.7 cm³/mol. The Hall–Kier alpha value is -2.86. The van der Waals surface area contributed by atoms with Crippen LogP contribution >= 0.6 is 11.6 Å². The van der Waals surface area contributed by atoms with Crippen LogP contribution < -0.4 is 4.74 Å². The summed E-state index contributed by atoms with van der Waals surface area (Å²) in [7, 11) is 0. The number of esters is 2. The molecule has 0 aliphatic heterocycles. The summed E-state index contributed by atoms with van der Waals surface area (Å²) in [5.41, 5.74) is 1.81. The van der Waals surface area contributed by atoms with Crippen LogP contribution in [0.1, 0.15) is 29.9 Å². The number of nitrogens with zero attached hydrogens (tertiary/aromatic N) is 1. The van der Waals surface area contributed by atoms with Gasteiger partial charge in [0.05, 0.1) is 11.6 Å². The minimum absolute atomic E-state index is 0.0128. The summed E-state index contributed by atoms with van der Waals surface area (Å²) < 4.78 is 25.4. The summed E-state index contributed by atoms with van der Waals surface area (Å²) in [5.74, 6) is -1.03. The van der Waals surface area contributed by atoms with Gasteiger partial charge in [-0.15, -0.1) is 0 Å². The van der Waals surface area contributed by atoms with Crippen molar-refractivity contribution in [1.82, 2.24) is 4.57 Å². The third kappa shape index (κ3) is 4.11. The third-order valence-corrected chi connectivity index (χ3v) is 4.23. The number of rotatable bonds is 5. The number of hydrogen-bond acceptors (Lipinski definition) is 4. The first-order valence-electron chi connectivity index (χ1n) is 8.31. The molecule has 0 unspecified atom stereocenters. The number of ether oxygens (including phenoxy) is 2. The summed E-state index contributed by atoms with van der Waals surface area (Å²) in [6, 6.07) is 11.2. The number of fused-ring (bicyclic) bond motifs is 1. The maximum Gasteiger partial charge on any atom is 0.354 e. The standard InChI is InChI=1S/C20H17ClFNO4/c1-3-26-20(25)19-10-14-9-15(27-12(2)24)5-7-18(14)23(19)11-13-4-6-17(22)16(21)8-13/h4-10H,3,11H2,1-2H3. The maximum absolute atomic E-state index is 13.4. The number of carbonyl (C=O) groups is 2. The van der Waals surface area contributed by atoms with E-state index in [1.165, 1.54) is 19.1 Å². The van der Waals surface area contributed by atoms with Gasteiger partial charge in [-0.3, -0.25) is 4.79 Å². The smallest absolute Gasteiger partial charge is 0.354 e. The fourth-order valence-corrected chi connectivity index (χ4v) is 3.05. The lowest BCUT2D eigenvalue weighted by Gasteiger charge is -2.11. The lowest BCUT2D eigenvalue weighted by atomic mass is 10.2. The molecule has 0 saturated heterocycles. The van der Waals surface area contributed by atoms with E-state index >= 15 is 0 Å². The van der Waals surface area contributed by atoms with Gasteiger partial charge >= 0.3 is 11.9 Å². The van der Waals surface area contributed by atoms with Crippen molar-refractivity contribution in [3.63, 3.8) is 0 Å². The Kier molecular flexibility index (Phi) is 5.46. The second-order valence-electron chi connectivity index (χ2n) is 5.90. The predicted octanol–water partition coefficient (Wildman–Crippen LogP) is 4.58. The van der Waals surface area contributed by atoms with Crippen LogP contribution in [0.4, 0.5) is 4.39 Å². The van der Waals surface area contributed by atoms with Crippen molar-refractivity contribution in [2.24, 2.45) is 0 Å². The van der Waals surface area contributed by atoms with Crippen molar-refractivity contribution in [2.45, 2.75) is 20.4 Å². The fourth-order valence-electron chi connectivity index (χ4n) is 2.84. The van der Waals surface area contributed by atoms with E-state index in [1.807, 2.05) is 0 Å². The minimum Gasteiger partial charge on any atom is -0.461 e. The van der Waals surface area contributed by atoms with E-state index < -0.39 is 17.8 Å². The summed E-state index contributed by atoms with van der Waals surface area (Å²) in [5, 5.41) is 0.726. The first-order chi connectivity index (χ1) is 12.9. The van der Waals surface area contributed by atoms with Crippen LogP contribution in [0, 0.1) is 5.82 Å². The summed E-state index contributed by atoms with van der Waals surface area (Å²) in [6.45, 7) is 3.58. The molecular formula is C20H17ClFNO4. The Morgan fingerprint density at radius 2 is 1.93 bits per heavy atom. The van der Waals surface area contributed by atoms with E-state index in [4.69, 9.17) is 21.1 Å². The van der Waals surface area contributed by atoms with Gasteiger partial charge < -0.3 is 14.0 Å². The van der Waals surface area contributed by atoms with Crippen molar-refractivity contribution < 1.29 is 23.5 Å². The molecule has 0 bridgehead atoms. The van der Waals surface area contributed by atoms with E-state index in [-0.39, 0.29) is 11.6 Å². The highest BCUT2D eigenvalue weighted by Gasteiger charge is 2.18. The van der Waals surface area contributed by atoms with Gasteiger partial charge in [-0.2, -0.15) is 0 Å².